The molecule has 0 atom stereocenters. The highest BCUT2D eigenvalue weighted by atomic mass is 79.9. The number of benzene rings is 1. The van der Waals surface area contributed by atoms with Crippen molar-refractivity contribution < 1.29 is 4.39 Å². The maximum absolute atomic E-state index is 13.8. The highest BCUT2D eigenvalue weighted by Gasteiger charge is 2.24. The minimum absolute atomic E-state index is 0.176. The van der Waals surface area contributed by atoms with Crippen LogP contribution in [0.4, 0.5) is 4.39 Å². The van der Waals surface area contributed by atoms with Crippen LogP contribution in [0.25, 0.3) is 16.6 Å². The molecular formula is C16H13BrFN3O. The molecule has 112 valence electrons. The number of aryl methyl sites for hydroxylation is 1. The number of fused-ring (bicyclic) bond motifs is 1. The second kappa shape index (κ2) is 4.78. The molecule has 0 saturated heterocycles. The van der Waals surface area contributed by atoms with Crippen molar-refractivity contribution in [2.45, 2.75) is 25.8 Å². The Morgan fingerprint density at radius 1 is 1.32 bits per heavy atom. The van der Waals surface area contributed by atoms with Crippen LogP contribution in [0.2, 0.25) is 0 Å². The summed E-state index contributed by atoms with van der Waals surface area (Å²) in [6.07, 6.45) is 6.07. The molecular weight excluding hydrogens is 349 g/mol. The summed E-state index contributed by atoms with van der Waals surface area (Å²) in [7, 11) is 0. The van der Waals surface area contributed by atoms with Crippen molar-refractivity contribution in [2.75, 3.05) is 0 Å². The third kappa shape index (κ3) is 2.09. The summed E-state index contributed by atoms with van der Waals surface area (Å²) in [5.74, 6) is -0.436. The quantitative estimate of drug-likeness (QED) is 0.697. The number of pyridine rings is 1. The van der Waals surface area contributed by atoms with Crippen molar-refractivity contribution in [1.82, 2.24) is 14.3 Å². The summed E-state index contributed by atoms with van der Waals surface area (Å²) in [5, 5.41) is 4.76. The van der Waals surface area contributed by atoms with Gasteiger partial charge in [0.25, 0.3) is 0 Å². The van der Waals surface area contributed by atoms with Gasteiger partial charge in [-0.15, -0.1) is 0 Å². The summed E-state index contributed by atoms with van der Waals surface area (Å²) in [6.45, 7) is 1.87. The zero-order valence-corrected chi connectivity index (χ0v) is 13.5. The van der Waals surface area contributed by atoms with Gasteiger partial charge in [-0.1, -0.05) is 0 Å². The molecule has 2 aromatic heterocycles. The van der Waals surface area contributed by atoms with Gasteiger partial charge in [-0.2, -0.15) is 5.10 Å². The number of nitrogens with zero attached hydrogens (tertiary/aromatic N) is 3. The van der Waals surface area contributed by atoms with Gasteiger partial charge in [-0.05, 0) is 47.8 Å². The van der Waals surface area contributed by atoms with E-state index in [2.05, 4.69) is 21.0 Å². The van der Waals surface area contributed by atoms with Crippen LogP contribution in [0.5, 0.6) is 0 Å². The molecule has 2 heterocycles. The van der Waals surface area contributed by atoms with Crippen molar-refractivity contribution in [2.24, 2.45) is 0 Å². The van der Waals surface area contributed by atoms with E-state index in [1.807, 2.05) is 22.4 Å². The van der Waals surface area contributed by atoms with Crippen molar-refractivity contribution in [3.8, 4) is 5.69 Å². The van der Waals surface area contributed by atoms with Crippen LogP contribution in [0, 0.1) is 12.7 Å². The Kier molecular flexibility index (Phi) is 2.97. The van der Waals surface area contributed by atoms with Crippen LogP contribution in [0.3, 0.4) is 0 Å². The Morgan fingerprint density at radius 3 is 2.82 bits per heavy atom. The SMILES string of the molecule is Cc1cc(=O)c2cc(F)c(Br)cc2n1-c1cnn(C2CC2)c1. The van der Waals surface area contributed by atoms with Crippen LogP contribution in [-0.2, 0) is 0 Å². The molecule has 1 aliphatic carbocycles. The molecule has 0 bridgehead atoms. The smallest absolute Gasteiger partial charge is 0.189 e. The maximum atomic E-state index is 13.8. The van der Waals surface area contributed by atoms with E-state index in [9.17, 15) is 9.18 Å². The lowest BCUT2D eigenvalue weighted by Crippen LogP contribution is -2.11. The predicted molar refractivity (Wildman–Crippen MR) is 86.0 cm³/mol. The van der Waals surface area contributed by atoms with Crippen molar-refractivity contribution in [3.05, 3.63) is 56.8 Å². The van der Waals surface area contributed by atoms with E-state index >= 15 is 0 Å². The lowest BCUT2D eigenvalue weighted by Gasteiger charge is -2.13. The topological polar surface area (TPSA) is 39.8 Å². The largest absolute Gasteiger partial charge is 0.311 e. The van der Waals surface area contributed by atoms with E-state index in [1.54, 1.807) is 12.3 Å². The molecule has 0 amide bonds. The van der Waals surface area contributed by atoms with Gasteiger partial charge in [-0.25, -0.2) is 4.39 Å². The molecule has 6 heteroatoms. The van der Waals surface area contributed by atoms with E-state index in [0.29, 0.717) is 21.4 Å². The first kappa shape index (κ1) is 13.7. The molecule has 22 heavy (non-hydrogen) atoms. The average molecular weight is 362 g/mol. The van der Waals surface area contributed by atoms with E-state index in [4.69, 9.17) is 0 Å². The average Bonchev–Trinajstić information content (AvgIpc) is 3.21. The van der Waals surface area contributed by atoms with Crippen LogP contribution in [-0.4, -0.2) is 14.3 Å². The van der Waals surface area contributed by atoms with Gasteiger partial charge in [0.2, 0.25) is 0 Å². The van der Waals surface area contributed by atoms with E-state index in [0.717, 1.165) is 24.2 Å². The van der Waals surface area contributed by atoms with Gasteiger partial charge in [0, 0.05) is 23.3 Å². The summed E-state index contributed by atoms with van der Waals surface area (Å²) >= 11 is 3.20. The van der Waals surface area contributed by atoms with Crippen LogP contribution < -0.4 is 5.43 Å². The lowest BCUT2D eigenvalue weighted by molar-refractivity contribution is 0.622. The summed E-state index contributed by atoms with van der Waals surface area (Å²) in [6, 6.07) is 4.95. The summed E-state index contributed by atoms with van der Waals surface area (Å²) in [4.78, 5) is 12.2. The number of hydrogen-bond donors (Lipinski definition) is 0. The fraction of sp³-hybridized carbons (Fsp3) is 0.250. The standard InChI is InChI=1S/C16H13BrFN3O/c1-9-4-16(22)12-5-14(18)13(17)6-15(12)21(9)11-7-19-20(8-11)10-2-3-10/h4-8,10H,2-3H2,1H3. The second-order valence-electron chi connectivity index (χ2n) is 5.68. The molecule has 0 N–H and O–H groups in total. The van der Waals surface area contributed by atoms with Gasteiger partial charge in [0.05, 0.1) is 27.9 Å². The van der Waals surface area contributed by atoms with Gasteiger partial charge in [-0.3, -0.25) is 9.48 Å². The second-order valence-corrected chi connectivity index (χ2v) is 6.53. The minimum Gasteiger partial charge on any atom is -0.311 e. The van der Waals surface area contributed by atoms with Crippen LogP contribution >= 0.6 is 15.9 Å². The zero-order valence-electron chi connectivity index (χ0n) is 11.9. The fourth-order valence-corrected chi connectivity index (χ4v) is 3.10. The Hall–Kier alpha value is -1.95. The monoisotopic (exact) mass is 361 g/mol. The fourth-order valence-electron chi connectivity index (χ4n) is 2.77. The summed E-state index contributed by atoms with van der Waals surface area (Å²) in [5.41, 5.74) is 2.18. The van der Waals surface area contributed by atoms with Crippen molar-refractivity contribution >= 4 is 26.8 Å². The van der Waals surface area contributed by atoms with Crippen molar-refractivity contribution in [1.29, 1.82) is 0 Å². The Bertz CT molecular complexity index is 956. The molecule has 0 spiro atoms. The van der Waals surface area contributed by atoms with Crippen molar-refractivity contribution in [3.63, 3.8) is 0 Å². The van der Waals surface area contributed by atoms with Crippen LogP contribution in [0.1, 0.15) is 24.6 Å². The molecule has 0 aliphatic heterocycles. The Morgan fingerprint density at radius 2 is 2.09 bits per heavy atom. The number of aromatic nitrogens is 3. The molecule has 3 aromatic rings. The third-order valence-electron chi connectivity index (χ3n) is 4.00. The molecule has 4 rings (SSSR count). The van der Waals surface area contributed by atoms with E-state index in [1.165, 1.54) is 12.1 Å². The third-order valence-corrected chi connectivity index (χ3v) is 4.61. The minimum atomic E-state index is -0.436. The van der Waals surface area contributed by atoms with E-state index < -0.39 is 5.82 Å². The number of rotatable bonds is 2. The van der Waals surface area contributed by atoms with E-state index in [-0.39, 0.29) is 5.43 Å². The molecule has 0 radical (unpaired) electrons. The van der Waals surface area contributed by atoms with Gasteiger partial charge in [0.15, 0.2) is 5.43 Å². The lowest BCUT2D eigenvalue weighted by atomic mass is 10.1. The maximum Gasteiger partial charge on any atom is 0.189 e. The molecule has 1 saturated carbocycles. The Labute approximate surface area is 134 Å². The zero-order chi connectivity index (χ0) is 15.4. The number of halogens is 2. The molecule has 0 unspecified atom stereocenters. The first-order valence-electron chi connectivity index (χ1n) is 7.10. The first-order chi connectivity index (χ1) is 10.5. The van der Waals surface area contributed by atoms with Gasteiger partial charge >= 0.3 is 0 Å². The summed E-state index contributed by atoms with van der Waals surface area (Å²) < 4.78 is 18.0. The van der Waals surface area contributed by atoms with Gasteiger partial charge < -0.3 is 4.57 Å². The molecule has 4 nitrogen and oxygen atoms in total. The highest BCUT2D eigenvalue weighted by molar-refractivity contribution is 9.10. The van der Waals surface area contributed by atoms with Gasteiger partial charge in [0.1, 0.15) is 5.82 Å². The molecule has 1 aromatic carbocycles. The molecule has 1 aliphatic rings. The van der Waals surface area contributed by atoms with Crippen LogP contribution in [0.15, 0.2) is 39.9 Å². The Balaban J connectivity index is 2.02. The highest BCUT2D eigenvalue weighted by Crippen LogP contribution is 2.34. The predicted octanol–water partition coefficient (Wildman–Crippen LogP) is 3.73. The molecule has 1 fully saturated rings. The normalized spacial score (nSPS) is 14.7. The number of hydrogen-bond acceptors (Lipinski definition) is 2. The first-order valence-corrected chi connectivity index (χ1v) is 7.90.